The van der Waals surface area contributed by atoms with Gasteiger partial charge >= 0.3 is 0 Å². The number of benzene rings is 2. The Morgan fingerprint density at radius 1 is 1.05 bits per heavy atom. The van der Waals surface area contributed by atoms with Gasteiger partial charge in [-0.15, -0.1) is 0 Å². The van der Waals surface area contributed by atoms with Gasteiger partial charge in [-0.25, -0.2) is 0 Å². The van der Waals surface area contributed by atoms with Crippen molar-refractivity contribution >= 4 is 11.0 Å². The summed E-state index contributed by atoms with van der Waals surface area (Å²) in [5.74, 6) is 1.77. The van der Waals surface area contributed by atoms with Crippen LogP contribution in [0.4, 0.5) is 0 Å². The number of ether oxygens (including phenoxy) is 1. The molecule has 0 saturated heterocycles. The van der Waals surface area contributed by atoms with Crippen LogP contribution >= 0.6 is 0 Å². The number of para-hydroxylation sites is 1. The van der Waals surface area contributed by atoms with Crippen LogP contribution in [0.2, 0.25) is 0 Å². The van der Waals surface area contributed by atoms with Crippen LogP contribution in [0, 0.1) is 0 Å². The first-order valence-electron chi connectivity index (χ1n) is 7.13. The molecule has 0 aliphatic rings. The number of hydrogen-bond acceptors (Lipinski definition) is 3. The van der Waals surface area contributed by atoms with Crippen molar-refractivity contribution in [2.45, 2.75) is 6.42 Å². The lowest BCUT2D eigenvalue weighted by Gasteiger charge is -2.03. The molecule has 1 heterocycles. The van der Waals surface area contributed by atoms with E-state index in [1.165, 1.54) is 11.1 Å². The topological polar surface area (TPSA) is 34.4 Å². The van der Waals surface area contributed by atoms with Gasteiger partial charge in [-0.1, -0.05) is 42.5 Å². The predicted molar refractivity (Wildman–Crippen MR) is 85.8 cm³/mol. The average molecular weight is 281 g/mol. The fourth-order valence-corrected chi connectivity index (χ4v) is 2.64. The molecule has 0 fully saturated rings. The molecule has 0 saturated carbocycles. The van der Waals surface area contributed by atoms with Crippen molar-refractivity contribution in [3.63, 3.8) is 0 Å². The highest BCUT2D eigenvalue weighted by molar-refractivity contribution is 5.98. The first-order valence-corrected chi connectivity index (χ1v) is 7.13. The molecule has 2 aromatic carbocycles. The molecule has 0 aliphatic heterocycles. The van der Waals surface area contributed by atoms with E-state index in [9.17, 15) is 0 Å². The van der Waals surface area contributed by atoms with Gasteiger partial charge in [0.2, 0.25) is 0 Å². The maximum Gasteiger partial charge on any atom is 0.176 e. The molecule has 0 aliphatic carbocycles. The Morgan fingerprint density at radius 2 is 1.86 bits per heavy atom. The van der Waals surface area contributed by atoms with Crippen LogP contribution in [0.5, 0.6) is 5.75 Å². The molecular weight excluding hydrogens is 262 g/mol. The van der Waals surface area contributed by atoms with Crippen molar-refractivity contribution in [2.24, 2.45) is 0 Å². The lowest BCUT2D eigenvalue weighted by atomic mass is 10.0. The molecule has 0 amide bonds. The standard InChI is InChI=1S/C18H19NO2/c1-19-12-11-15-17(13-7-4-3-5-8-13)14-9-6-10-16(20-2)18(14)21-15/h3-10,19H,11-12H2,1-2H3. The van der Waals surface area contributed by atoms with E-state index in [0.29, 0.717) is 0 Å². The van der Waals surface area contributed by atoms with E-state index in [0.717, 1.165) is 35.4 Å². The molecule has 108 valence electrons. The van der Waals surface area contributed by atoms with Crippen LogP contribution in [-0.2, 0) is 6.42 Å². The summed E-state index contributed by atoms with van der Waals surface area (Å²) in [4.78, 5) is 0. The van der Waals surface area contributed by atoms with Gasteiger partial charge in [-0.2, -0.15) is 0 Å². The summed E-state index contributed by atoms with van der Waals surface area (Å²) in [7, 11) is 3.62. The van der Waals surface area contributed by atoms with E-state index < -0.39 is 0 Å². The maximum absolute atomic E-state index is 6.11. The molecule has 3 rings (SSSR count). The van der Waals surface area contributed by atoms with Crippen molar-refractivity contribution < 1.29 is 9.15 Å². The van der Waals surface area contributed by atoms with Crippen LogP contribution in [-0.4, -0.2) is 20.7 Å². The lowest BCUT2D eigenvalue weighted by molar-refractivity contribution is 0.407. The largest absolute Gasteiger partial charge is 0.493 e. The van der Waals surface area contributed by atoms with E-state index in [4.69, 9.17) is 9.15 Å². The third-order valence-electron chi connectivity index (χ3n) is 3.64. The zero-order valence-corrected chi connectivity index (χ0v) is 12.3. The summed E-state index contributed by atoms with van der Waals surface area (Å²) in [5.41, 5.74) is 3.17. The highest BCUT2D eigenvalue weighted by Gasteiger charge is 2.17. The fourth-order valence-electron chi connectivity index (χ4n) is 2.64. The number of rotatable bonds is 5. The predicted octanol–water partition coefficient (Wildman–Crippen LogP) is 3.87. The summed E-state index contributed by atoms with van der Waals surface area (Å²) in [6.07, 6.45) is 0.846. The SMILES string of the molecule is CNCCc1oc2c(OC)cccc2c1-c1ccccc1. The van der Waals surface area contributed by atoms with E-state index in [-0.39, 0.29) is 0 Å². The minimum absolute atomic E-state index is 0.778. The molecule has 3 aromatic rings. The number of hydrogen-bond donors (Lipinski definition) is 1. The Labute approximate surface area is 124 Å². The van der Waals surface area contributed by atoms with E-state index in [1.54, 1.807) is 7.11 Å². The molecule has 3 heteroatoms. The number of methoxy groups -OCH3 is 1. The molecule has 0 atom stereocenters. The normalized spacial score (nSPS) is 11.0. The van der Waals surface area contributed by atoms with Crippen molar-refractivity contribution in [1.82, 2.24) is 5.32 Å². The quantitative estimate of drug-likeness (QED) is 0.771. The van der Waals surface area contributed by atoms with Gasteiger partial charge < -0.3 is 14.5 Å². The Bertz CT molecular complexity index is 732. The van der Waals surface area contributed by atoms with Gasteiger partial charge in [0, 0.05) is 23.9 Å². The second-order valence-electron chi connectivity index (χ2n) is 4.96. The van der Waals surface area contributed by atoms with Crippen LogP contribution in [0.25, 0.3) is 22.1 Å². The van der Waals surface area contributed by atoms with Gasteiger partial charge in [-0.05, 0) is 18.7 Å². The Morgan fingerprint density at radius 3 is 2.57 bits per heavy atom. The van der Waals surface area contributed by atoms with Gasteiger partial charge in [0.25, 0.3) is 0 Å². The van der Waals surface area contributed by atoms with Crippen molar-refractivity contribution in [3.8, 4) is 16.9 Å². The number of fused-ring (bicyclic) bond motifs is 1. The molecule has 3 nitrogen and oxygen atoms in total. The third-order valence-corrected chi connectivity index (χ3v) is 3.64. The molecule has 0 unspecified atom stereocenters. The molecule has 21 heavy (non-hydrogen) atoms. The highest BCUT2D eigenvalue weighted by Crippen LogP contribution is 2.38. The monoisotopic (exact) mass is 281 g/mol. The Kier molecular flexibility index (Phi) is 3.93. The van der Waals surface area contributed by atoms with Gasteiger partial charge in [0.15, 0.2) is 11.3 Å². The van der Waals surface area contributed by atoms with Crippen molar-refractivity contribution in [2.75, 3.05) is 20.7 Å². The Hall–Kier alpha value is -2.26. The van der Waals surface area contributed by atoms with Gasteiger partial charge in [0.1, 0.15) is 5.76 Å². The highest BCUT2D eigenvalue weighted by atomic mass is 16.5. The van der Waals surface area contributed by atoms with Gasteiger partial charge in [-0.3, -0.25) is 0 Å². The fraction of sp³-hybridized carbons (Fsp3) is 0.222. The number of nitrogens with one attached hydrogen (secondary N) is 1. The first kappa shape index (κ1) is 13.7. The second-order valence-corrected chi connectivity index (χ2v) is 4.96. The number of furan rings is 1. The van der Waals surface area contributed by atoms with E-state index in [1.807, 2.05) is 25.2 Å². The summed E-state index contributed by atoms with van der Waals surface area (Å²) in [6, 6.07) is 16.4. The van der Waals surface area contributed by atoms with Gasteiger partial charge in [0.05, 0.1) is 7.11 Å². The smallest absolute Gasteiger partial charge is 0.176 e. The van der Waals surface area contributed by atoms with Crippen LogP contribution in [0.1, 0.15) is 5.76 Å². The summed E-state index contributed by atoms with van der Waals surface area (Å²) in [5, 5.41) is 4.28. The summed E-state index contributed by atoms with van der Waals surface area (Å²) < 4.78 is 11.5. The minimum atomic E-state index is 0.778. The molecule has 0 spiro atoms. The Balaban J connectivity index is 2.23. The third kappa shape index (κ3) is 2.52. The minimum Gasteiger partial charge on any atom is -0.493 e. The van der Waals surface area contributed by atoms with Crippen molar-refractivity contribution in [1.29, 1.82) is 0 Å². The van der Waals surface area contributed by atoms with E-state index in [2.05, 4.69) is 35.6 Å². The first-order chi connectivity index (χ1) is 10.3. The average Bonchev–Trinajstić information content (AvgIpc) is 2.92. The molecule has 1 aromatic heterocycles. The van der Waals surface area contributed by atoms with E-state index >= 15 is 0 Å². The summed E-state index contributed by atoms with van der Waals surface area (Å²) in [6.45, 7) is 0.877. The molecule has 0 radical (unpaired) electrons. The zero-order chi connectivity index (χ0) is 14.7. The lowest BCUT2D eigenvalue weighted by Crippen LogP contribution is -2.10. The van der Waals surface area contributed by atoms with Crippen LogP contribution < -0.4 is 10.1 Å². The maximum atomic E-state index is 6.11. The second kappa shape index (κ2) is 6.02. The van der Waals surface area contributed by atoms with Crippen LogP contribution in [0.15, 0.2) is 52.9 Å². The number of likely N-dealkylation sites (N-methyl/N-ethyl adjacent to an activating group) is 1. The summed E-state index contributed by atoms with van der Waals surface area (Å²) >= 11 is 0. The molecular formula is C18H19NO2. The molecule has 1 N–H and O–H groups in total. The van der Waals surface area contributed by atoms with Crippen molar-refractivity contribution in [3.05, 3.63) is 54.3 Å². The zero-order valence-electron chi connectivity index (χ0n) is 12.3. The van der Waals surface area contributed by atoms with Crippen LogP contribution in [0.3, 0.4) is 0 Å². The molecule has 0 bridgehead atoms.